The standard InChI is InChI=1S/C22H24N4O2/c1-14(2)16-9-11-17(12-10-16)25-21-13-19(23-15(3)24-21)22(27)26-18-7-5-6-8-20(18)28-4/h5-14H,1-4H3,(H,26,27)(H,23,24,25). The van der Waals surface area contributed by atoms with E-state index in [1.807, 2.05) is 24.3 Å². The molecule has 0 fully saturated rings. The number of aromatic nitrogens is 2. The Morgan fingerprint density at radius 2 is 1.75 bits per heavy atom. The number of carbonyl (C=O) groups is 1. The number of hydrogen-bond donors (Lipinski definition) is 2. The van der Waals surface area contributed by atoms with E-state index in [1.165, 1.54) is 5.56 Å². The molecule has 1 amide bonds. The first kappa shape index (κ1) is 19.4. The van der Waals surface area contributed by atoms with Gasteiger partial charge in [0, 0.05) is 11.8 Å². The van der Waals surface area contributed by atoms with Crippen molar-refractivity contribution in [2.75, 3.05) is 17.7 Å². The highest BCUT2D eigenvalue weighted by Gasteiger charge is 2.13. The third kappa shape index (κ3) is 4.65. The molecule has 0 radical (unpaired) electrons. The maximum absolute atomic E-state index is 12.7. The fraction of sp³-hybridized carbons (Fsp3) is 0.227. The normalized spacial score (nSPS) is 10.6. The molecule has 1 heterocycles. The smallest absolute Gasteiger partial charge is 0.274 e. The van der Waals surface area contributed by atoms with Gasteiger partial charge in [-0.2, -0.15) is 0 Å². The van der Waals surface area contributed by atoms with Gasteiger partial charge in [-0.3, -0.25) is 4.79 Å². The van der Waals surface area contributed by atoms with E-state index in [-0.39, 0.29) is 11.6 Å². The van der Waals surface area contributed by atoms with Gasteiger partial charge in [-0.25, -0.2) is 9.97 Å². The van der Waals surface area contributed by atoms with Crippen LogP contribution in [0, 0.1) is 6.92 Å². The minimum atomic E-state index is -0.326. The molecule has 144 valence electrons. The fourth-order valence-electron chi connectivity index (χ4n) is 2.78. The molecule has 1 aromatic heterocycles. The number of para-hydroxylation sites is 2. The molecule has 0 aliphatic rings. The van der Waals surface area contributed by atoms with Gasteiger partial charge in [0.25, 0.3) is 5.91 Å². The van der Waals surface area contributed by atoms with Crippen LogP contribution in [-0.4, -0.2) is 23.0 Å². The number of nitrogens with zero attached hydrogens (tertiary/aromatic N) is 2. The monoisotopic (exact) mass is 376 g/mol. The molecule has 3 aromatic rings. The quantitative estimate of drug-likeness (QED) is 0.639. The SMILES string of the molecule is COc1ccccc1NC(=O)c1cc(Nc2ccc(C(C)C)cc2)nc(C)n1. The second kappa shape index (κ2) is 8.52. The van der Waals surface area contributed by atoms with Gasteiger partial charge in [0.1, 0.15) is 23.1 Å². The topological polar surface area (TPSA) is 76.1 Å². The van der Waals surface area contributed by atoms with Gasteiger partial charge in [-0.1, -0.05) is 38.1 Å². The molecule has 0 saturated heterocycles. The number of aryl methyl sites for hydroxylation is 1. The van der Waals surface area contributed by atoms with Crippen LogP contribution in [0.1, 0.15) is 41.6 Å². The average molecular weight is 376 g/mol. The first-order chi connectivity index (χ1) is 13.5. The van der Waals surface area contributed by atoms with Crippen molar-refractivity contribution >= 4 is 23.1 Å². The summed E-state index contributed by atoms with van der Waals surface area (Å²) < 4.78 is 5.28. The molecule has 0 spiro atoms. The van der Waals surface area contributed by atoms with Crippen LogP contribution in [0.4, 0.5) is 17.2 Å². The molecular weight excluding hydrogens is 352 g/mol. The minimum Gasteiger partial charge on any atom is -0.495 e. The van der Waals surface area contributed by atoms with Crippen LogP contribution in [0.25, 0.3) is 0 Å². The van der Waals surface area contributed by atoms with Crippen molar-refractivity contribution < 1.29 is 9.53 Å². The number of methoxy groups -OCH3 is 1. The van der Waals surface area contributed by atoms with Crippen molar-refractivity contribution in [2.45, 2.75) is 26.7 Å². The first-order valence-electron chi connectivity index (χ1n) is 9.13. The number of rotatable bonds is 6. The van der Waals surface area contributed by atoms with E-state index >= 15 is 0 Å². The number of nitrogens with one attached hydrogen (secondary N) is 2. The second-order valence-corrected chi connectivity index (χ2v) is 6.74. The van der Waals surface area contributed by atoms with Crippen LogP contribution < -0.4 is 15.4 Å². The predicted octanol–water partition coefficient (Wildman–Crippen LogP) is 4.91. The van der Waals surface area contributed by atoms with E-state index in [0.29, 0.717) is 29.0 Å². The number of carbonyl (C=O) groups excluding carboxylic acids is 1. The Morgan fingerprint density at radius 3 is 2.43 bits per heavy atom. The Balaban J connectivity index is 1.79. The Labute approximate surface area is 165 Å². The number of anilines is 3. The third-order valence-corrected chi connectivity index (χ3v) is 4.28. The van der Waals surface area contributed by atoms with Crippen molar-refractivity contribution in [2.24, 2.45) is 0 Å². The van der Waals surface area contributed by atoms with E-state index in [0.717, 1.165) is 5.69 Å². The van der Waals surface area contributed by atoms with Gasteiger partial charge in [-0.05, 0) is 42.7 Å². The number of benzene rings is 2. The van der Waals surface area contributed by atoms with Crippen LogP contribution in [0.2, 0.25) is 0 Å². The van der Waals surface area contributed by atoms with Crippen molar-refractivity contribution in [3.8, 4) is 5.75 Å². The van der Waals surface area contributed by atoms with Crippen molar-refractivity contribution in [3.63, 3.8) is 0 Å². The Kier molecular flexibility index (Phi) is 5.89. The van der Waals surface area contributed by atoms with E-state index in [2.05, 4.69) is 46.6 Å². The molecule has 0 atom stereocenters. The summed E-state index contributed by atoms with van der Waals surface area (Å²) in [5.74, 6) is 1.81. The lowest BCUT2D eigenvalue weighted by Crippen LogP contribution is -2.16. The molecule has 3 rings (SSSR count). The summed E-state index contributed by atoms with van der Waals surface area (Å²) >= 11 is 0. The van der Waals surface area contributed by atoms with Crippen molar-refractivity contribution in [1.29, 1.82) is 0 Å². The summed E-state index contributed by atoms with van der Waals surface area (Å²) in [6.07, 6.45) is 0. The third-order valence-electron chi connectivity index (χ3n) is 4.28. The number of ether oxygens (including phenoxy) is 1. The minimum absolute atomic E-state index is 0.278. The summed E-state index contributed by atoms with van der Waals surface area (Å²) in [6, 6.07) is 17.0. The zero-order chi connectivity index (χ0) is 20.1. The number of hydrogen-bond acceptors (Lipinski definition) is 5. The van der Waals surface area contributed by atoms with Crippen LogP contribution in [-0.2, 0) is 0 Å². The lowest BCUT2D eigenvalue weighted by molar-refractivity contribution is 0.102. The highest BCUT2D eigenvalue weighted by Crippen LogP contribution is 2.24. The first-order valence-corrected chi connectivity index (χ1v) is 9.13. The predicted molar refractivity (Wildman–Crippen MR) is 112 cm³/mol. The largest absolute Gasteiger partial charge is 0.495 e. The van der Waals surface area contributed by atoms with E-state index in [1.54, 1.807) is 32.2 Å². The van der Waals surface area contributed by atoms with Gasteiger partial charge < -0.3 is 15.4 Å². The molecule has 0 unspecified atom stereocenters. The molecule has 2 N–H and O–H groups in total. The van der Waals surface area contributed by atoms with Crippen molar-refractivity contribution in [3.05, 3.63) is 71.7 Å². The van der Waals surface area contributed by atoms with Gasteiger partial charge in [-0.15, -0.1) is 0 Å². The average Bonchev–Trinajstić information content (AvgIpc) is 2.68. The highest BCUT2D eigenvalue weighted by molar-refractivity contribution is 6.04. The van der Waals surface area contributed by atoms with Gasteiger partial charge in [0.05, 0.1) is 12.8 Å². The zero-order valence-corrected chi connectivity index (χ0v) is 16.5. The number of amides is 1. The van der Waals surface area contributed by atoms with E-state index in [9.17, 15) is 4.79 Å². The molecule has 6 nitrogen and oxygen atoms in total. The summed E-state index contributed by atoms with van der Waals surface area (Å²) in [5.41, 5.74) is 3.03. The summed E-state index contributed by atoms with van der Waals surface area (Å²) in [5, 5.41) is 6.07. The Bertz CT molecular complexity index is 969. The van der Waals surface area contributed by atoms with E-state index < -0.39 is 0 Å². The van der Waals surface area contributed by atoms with Gasteiger partial charge >= 0.3 is 0 Å². The van der Waals surface area contributed by atoms with Crippen LogP contribution in [0.5, 0.6) is 5.75 Å². The van der Waals surface area contributed by atoms with Gasteiger partial charge in [0.2, 0.25) is 0 Å². The molecule has 2 aromatic carbocycles. The molecule has 6 heteroatoms. The lowest BCUT2D eigenvalue weighted by Gasteiger charge is -2.12. The van der Waals surface area contributed by atoms with Crippen LogP contribution in [0.3, 0.4) is 0 Å². The Hall–Kier alpha value is -3.41. The van der Waals surface area contributed by atoms with Gasteiger partial charge in [0.15, 0.2) is 0 Å². The highest BCUT2D eigenvalue weighted by atomic mass is 16.5. The molecule has 0 aliphatic carbocycles. The fourth-order valence-corrected chi connectivity index (χ4v) is 2.78. The summed E-state index contributed by atoms with van der Waals surface area (Å²) in [4.78, 5) is 21.3. The molecule has 0 aliphatic heterocycles. The lowest BCUT2D eigenvalue weighted by atomic mass is 10.0. The zero-order valence-electron chi connectivity index (χ0n) is 16.5. The van der Waals surface area contributed by atoms with Crippen LogP contribution >= 0.6 is 0 Å². The Morgan fingerprint density at radius 1 is 1.04 bits per heavy atom. The van der Waals surface area contributed by atoms with E-state index in [4.69, 9.17) is 4.74 Å². The maximum atomic E-state index is 12.7. The summed E-state index contributed by atoms with van der Waals surface area (Å²) in [7, 11) is 1.56. The maximum Gasteiger partial charge on any atom is 0.274 e. The van der Waals surface area contributed by atoms with Crippen LogP contribution in [0.15, 0.2) is 54.6 Å². The molecule has 28 heavy (non-hydrogen) atoms. The molecular formula is C22H24N4O2. The molecule has 0 bridgehead atoms. The molecule has 0 saturated carbocycles. The second-order valence-electron chi connectivity index (χ2n) is 6.74. The summed E-state index contributed by atoms with van der Waals surface area (Å²) in [6.45, 7) is 6.07. The van der Waals surface area contributed by atoms with Crippen molar-refractivity contribution in [1.82, 2.24) is 9.97 Å².